The van der Waals surface area contributed by atoms with Crippen LogP contribution in [0.25, 0.3) is 0 Å². The molecule has 0 saturated heterocycles. The van der Waals surface area contributed by atoms with E-state index in [0.29, 0.717) is 0 Å². The maximum Gasteiger partial charge on any atom is 0.309 e. The van der Waals surface area contributed by atoms with E-state index in [1.54, 1.807) is 6.92 Å². The van der Waals surface area contributed by atoms with Crippen LogP contribution in [0.3, 0.4) is 0 Å². The van der Waals surface area contributed by atoms with Crippen molar-refractivity contribution < 1.29 is 18.3 Å². The summed E-state index contributed by atoms with van der Waals surface area (Å²) >= 11 is 0. The summed E-state index contributed by atoms with van der Waals surface area (Å²) in [5.74, 6) is -0.940. The summed E-state index contributed by atoms with van der Waals surface area (Å²) in [5.41, 5.74) is -0.956. The lowest BCUT2D eigenvalue weighted by Gasteiger charge is -2.18. The molecule has 0 heterocycles. The van der Waals surface area contributed by atoms with Crippen molar-refractivity contribution in [1.82, 2.24) is 0 Å². The molecule has 0 aliphatic rings. The molecule has 0 fully saturated rings. The van der Waals surface area contributed by atoms with Crippen molar-refractivity contribution in [2.75, 3.05) is 11.5 Å². The fraction of sp³-hybridized carbons (Fsp3) is 0.875. The molecule has 0 unspecified atom stereocenters. The molecular formula is C8H16O4S. The molecule has 0 aromatic heterocycles. The predicted molar refractivity (Wildman–Crippen MR) is 50.4 cm³/mol. The number of hydrogen-bond acceptors (Lipinski definition) is 3. The van der Waals surface area contributed by atoms with E-state index in [2.05, 4.69) is 0 Å². The Kier molecular flexibility index (Phi) is 3.90. The van der Waals surface area contributed by atoms with Gasteiger partial charge in [0.25, 0.3) is 0 Å². The Balaban J connectivity index is 4.26. The average Bonchev–Trinajstić information content (AvgIpc) is 2.01. The molecule has 0 bridgehead atoms. The third-order valence-electron chi connectivity index (χ3n) is 2.06. The number of carboxylic acid groups (broad SMARTS) is 1. The summed E-state index contributed by atoms with van der Waals surface area (Å²) in [5, 5.41) is 8.72. The minimum absolute atomic E-state index is 0.0528. The van der Waals surface area contributed by atoms with Crippen molar-refractivity contribution in [1.29, 1.82) is 0 Å². The standard InChI is InChI=1S/C8H16O4S/c1-4-13(11,12)6-5-8(2,3)7(9)10/h4-6H2,1-3H3,(H,9,10). The maximum absolute atomic E-state index is 11.1. The van der Waals surface area contributed by atoms with E-state index in [-0.39, 0.29) is 17.9 Å². The van der Waals surface area contributed by atoms with E-state index in [1.807, 2.05) is 0 Å². The van der Waals surface area contributed by atoms with E-state index in [1.165, 1.54) is 13.8 Å². The summed E-state index contributed by atoms with van der Waals surface area (Å²) < 4.78 is 22.2. The second-order valence-corrected chi connectivity index (χ2v) is 6.15. The van der Waals surface area contributed by atoms with Gasteiger partial charge in [0.2, 0.25) is 0 Å². The molecule has 5 heteroatoms. The lowest BCUT2D eigenvalue weighted by Crippen LogP contribution is -2.27. The van der Waals surface area contributed by atoms with Crippen LogP contribution in [0.2, 0.25) is 0 Å². The van der Waals surface area contributed by atoms with Crippen molar-refractivity contribution >= 4 is 15.8 Å². The van der Waals surface area contributed by atoms with Crippen molar-refractivity contribution in [2.45, 2.75) is 27.2 Å². The van der Waals surface area contributed by atoms with Crippen molar-refractivity contribution in [3.63, 3.8) is 0 Å². The normalized spacial score (nSPS) is 12.8. The molecule has 0 rings (SSSR count). The van der Waals surface area contributed by atoms with Crippen LogP contribution in [0, 0.1) is 5.41 Å². The van der Waals surface area contributed by atoms with Gasteiger partial charge in [-0.15, -0.1) is 0 Å². The molecule has 0 saturated carbocycles. The zero-order chi connectivity index (χ0) is 10.7. The van der Waals surface area contributed by atoms with E-state index in [4.69, 9.17) is 5.11 Å². The summed E-state index contributed by atoms with van der Waals surface area (Å²) in [4.78, 5) is 10.6. The predicted octanol–water partition coefficient (Wildman–Crippen LogP) is 0.922. The first-order chi connectivity index (χ1) is 5.71. The number of rotatable bonds is 5. The highest BCUT2D eigenvalue weighted by atomic mass is 32.2. The van der Waals surface area contributed by atoms with Gasteiger partial charge in [-0.1, -0.05) is 6.92 Å². The molecule has 1 N–H and O–H groups in total. The Morgan fingerprint density at radius 1 is 1.38 bits per heavy atom. The van der Waals surface area contributed by atoms with Gasteiger partial charge in [-0.25, -0.2) is 8.42 Å². The third kappa shape index (κ3) is 4.26. The van der Waals surface area contributed by atoms with Gasteiger partial charge in [-0.3, -0.25) is 4.79 Å². The van der Waals surface area contributed by atoms with Crippen LogP contribution >= 0.6 is 0 Å². The van der Waals surface area contributed by atoms with Gasteiger partial charge in [0.1, 0.15) is 9.84 Å². The second-order valence-electron chi connectivity index (χ2n) is 3.68. The van der Waals surface area contributed by atoms with Gasteiger partial charge in [0.15, 0.2) is 0 Å². The minimum Gasteiger partial charge on any atom is -0.481 e. The first-order valence-corrected chi connectivity index (χ1v) is 5.97. The molecule has 0 spiro atoms. The van der Waals surface area contributed by atoms with Crippen LogP contribution in [0.15, 0.2) is 0 Å². The Morgan fingerprint density at radius 2 is 1.85 bits per heavy atom. The third-order valence-corrected chi connectivity index (χ3v) is 3.76. The largest absolute Gasteiger partial charge is 0.481 e. The van der Waals surface area contributed by atoms with Gasteiger partial charge in [-0.2, -0.15) is 0 Å². The van der Waals surface area contributed by atoms with Crippen molar-refractivity contribution in [3.8, 4) is 0 Å². The summed E-state index contributed by atoms with van der Waals surface area (Å²) in [6, 6.07) is 0. The number of sulfone groups is 1. The molecule has 0 aliphatic carbocycles. The first kappa shape index (κ1) is 12.4. The molecule has 0 amide bonds. The smallest absolute Gasteiger partial charge is 0.309 e. The zero-order valence-electron chi connectivity index (χ0n) is 8.20. The maximum atomic E-state index is 11.1. The SMILES string of the molecule is CCS(=O)(=O)CCC(C)(C)C(=O)O. The highest BCUT2D eigenvalue weighted by molar-refractivity contribution is 7.91. The number of carboxylic acids is 1. The summed E-state index contributed by atoms with van der Waals surface area (Å²) in [6.07, 6.45) is 0.165. The van der Waals surface area contributed by atoms with Crippen molar-refractivity contribution in [2.24, 2.45) is 5.41 Å². The van der Waals surface area contributed by atoms with Crippen LogP contribution in [-0.4, -0.2) is 31.0 Å². The van der Waals surface area contributed by atoms with Gasteiger partial charge in [0, 0.05) is 5.75 Å². The van der Waals surface area contributed by atoms with Crippen molar-refractivity contribution in [3.05, 3.63) is 0 Å². The monoisotopic (exact) mass is 208 g/mol. The van der Waals surface area contributed by atoms with E-state index < -0.39 is 21.2 Å². The average molecular weight is 208 g/mol. The quantitative estimate of drug-likeness (QED) is 0.729. The first-order valence-electron chi connectivity index (χ1n) is 4.15. The fourth-order valence-corrected chi connectivity index (χ4v) is 1.77. The number of carbonyl (C=O) groups is 1. The molecule has 0 atom stereocenters. The Morgan fingerprint density at radius 3 is 2.15 bits per heavy atom. The Bertz CT molecular complexity index is 277. The Hall–Kier alpha value is -0.580. The number of hydrogen-bond donors (Lipinski definition) is 1. The van der Waals surface area contributed by atoms with Crippen LogP contribution in [-0.2, 0) is 14.6 Å². The number of aliphatic carboxylic acids is 1. The highest BCUT2D eigenvalue weighted by Crippen LogP contribution is 2.21. The minimum atomic E-state index is -3.05. The molecular weight excluding hydrogens is 192 g/mol. The molecule has 0 radical (unpaired) electrons. The molecule has 0 aromatic rings. The van der Waals surface area contributed by atoms with E-state index in [9.17, 15) is 13.2 Å². The van der Waals surface area contributed by atoms with E-state index >= 15 is 0 Å². The van der Waals surface area contributed by atoms with Crippen LogP contribution < -0.4 is 0 Å². The highest BCUT2D eigenvalue weighted by Gasteiger charge is 2.28. The lowest BCUT2D eigenvalue weighted by molar-refractivity contribution is -0.146. The Labute approximate surface area is 78.9 Å². The molecule has 78 valence electrons. The van der Waals surface area contributed by atoms with Gasteiger partial charge in [0.05, 0.1) is 11.2 Å². The second kappa shape index (κ2) is 4.09. The van der Waals surface area contributed by atoms with Gasteiger partial charge in [-0.05, 0) is 20.3 Å². The topological polar surface area (TPSA) is 71.4 Å². The van der Waals surface area contributed by atoms with Crippen LogP contribution in [0.4, 0.5) is 0 Å². The van der Waals surface area contributed by atoms with Crippen LogP contribution in [0.1, 0.15) is 27.2 Å². The van der Waals surface area contributed by atoms with Crippen LogP contribution in [0.5, 0.6) is 0 Å². The molecule has 4 nitrogen and oxygen atoms in total. The van der Waals surface area contributed by atoms with Gasteiger partial charge < -0.3 is 5.11 Å². The fourth-order valence-electron chi connectivity index (χ4n) is 0.662. The van der Waals surface area contributed by atoms with E-state index in [0.717, 1.165) is 0 Å². The lowest BCUT2D eigenvalue weighted by atomic mass is 9.91. The molecule has 0 aliphatic heterocycles. The summed E-state index contributed by atoms with van der Waals surface area (Å²) in [7, 11) is -3.05. The molecule has 13 heavy (non-hydrogen) atoms. The van der Waals surface area contributed by atoms with Gasteiger partial charge >= 0.3 is 5.97 Å². The summed E-state index contributed by atoms with van der Waals surface area (Å²) in [6.45, 7) is 4.62. The molecule has 0 aromatic carbocycles. The zero-order valence-corrected chi connectivity index (χ0v) is 9.02.